The van der Waals surface area contributed by atoms with Crippen molar-refractivity contribution in [2.75, 3.05) is 18.0 Å². The van der Waals surface area contributed by atoms with Crippen molar-refractivity contribution >= 4 is 5.82 Å². The number of hydrogen-bond acceptors (Lipinski definition) is 2. The number of nitrogens with zero attached hydrogens (tertiary/aromatic N) is 2. The van der Waals surface area contributed by atoms with Crippen molar-refractivity contribution in [1.82, 2.24) is 4.98 Å². The molecule has 1 aliphatic rings. The van der Waals surface area contributed by atoms with Crippen LogP contribution in [0.25, 0.3) is 0 Å². The summed E-state index contributed by atoms with van der Waals surface area (Å²) in [6.45, 7) is 4.26. The zero-order valence-electron chi connectivity index (χ0n) is 8.41. The zero-order chi connectivity index (χ0) is 9.97. The number of pyridine rings is 1. The normalized spacial score (nSPS) is 18.6. The molecule has 0 saturated carbocycles. The molecule has 2 nitrogen and oxygen atoms in total. The summed E-state index contributed by atoms with van der Waals surface area (Å²) in [5.41, 5.74) is 0. The van der Waals surface area contributed by atoms with Gasteiger partial charge in [-0.2, -0.15) is 0 Å². The number of halogens is 1. The summed E-state index contributed by atoms with van der Waals surface area (Å²) in [6.07, 6.45) is 3.89. The van der Waals surface area contributed by atoms with Gasteiger partial charge in [-0.1, -0.05) is 6.92 Å². The summed E-state index contributed by atoms with van der Waals surface area (Å²) < 4.78 is 12.9. The van der Waals surface area contributed by atoms with Crippen molar-refractivity contribution < 1.29 is 4.39 Å². The van der Waals surface area contributed by atoms with E-state index in [9.17, 15) is 4.39 Å². The van der Waals surface area contributed by atoms with Crippen molar-refractivity contribution in [2.24, 2.45) is 5.92 Å². The minimum absolute atomic E-state index is 0.200. The predicted octanol–water partition coefficient (Wildman–Crippen LogP) is 2.46. The Morgan fingerprint density at radius 3 is 2.79 bits per heavy atom. The molecule has 1 aromatic rings. The van der Waals surface area contributed by atoms with Gasteiger partial charge in [0.05, 0.1) is 0 Å². The van der Waals surface area contributed by atoms with Gasteiger partial charge in [0.25, 0.3) is 0 Å². The van der Waals surface area contributed by atoms with E-state index < -0.39 is 0 Å². The van der Waals surface area contributed by atoms with E-state index in [1.807, 2.05) is 0 Å². The molecule has 1 aromatic heterocycles. The molecule has 0 amide bonds. The second-order valence-electron chi connectivity index (χ2n) is 4.00. The van der Waals surface area contributed by atoms with Gasteiger partial charge in [0.15, 0.2) is 0 Å². The Morgan fingerprint density at radius 1 is 1.43 bits per heavy atom. The summed E-state index contributed by atoms with van der Waals surface area (Å²) in [5.74, 6) is 1.37. The molecule has 0 atom stereocenters. The molecule has 0 aliphatic carbocycles. The minimum Gasteiger partial charge on any atom is -0.357 e. The minimum atomic E-state index is -0.200. The molecule has 1 fully saturated rings. The third kappa shape index (κ3) is 2.03. The van der Waals surface area contributed by atoms with Crippen LogP contribution in [0, 0.1) is 11.7 Å². The molecule has 0 spiro atoms. The summed E-state index contributed by atoms with van der Waals surface area (Å²) in [5, 5.41) is 0. The number of piperidine rings is 1. The van der Waals surface area contributed by atoms with Gasteiger partial charge in [-0.25, -0.2) is 9.37 Å². The lowest BCUT2D eigenvalue weighted by Crippen LogP contribution is -2.33. The highest BCUT2D eigenvalue weighted by molar-refractivity contribution is 5.38. The lowest BCUT2D eigenvalue weighted by atomic mass is 9.99. The van der Waals surface area contributed by atoms with Gasteiger partial charge in [0, 0.05) is 25.4 Å². The van der Waals surface area contributed by atoms with Gasteiger partial charge >= 0.3 is 0 Å². The van der Waals surface area contributed by atoms with Crippen LogP contribution >= 0.6 is 0 Å². The van der Waals surface area contributed by atoms with Crippen LogP contribution in [0.2, 0.25) is 0 Å². The van der Waals surface area contributed by atoms with Gasteiger partial charge in [-0.3, -0.25) is 0 Å². The summed E-state index contributed by atoms with van der Waals surface area (Å²) in [6, 6.07) is 2.89. The van der Waals surface area contributed by atoms with Crippen LogP contribution in [-0.4, -0.2) is 18.1 Å². The van der Waals surface area contributed by atoms with Gasteiger partial charge in [-0.05, 0) is 24.8 Å². The number of anilines is 1. The largest absolute Gasteiger partial charge is 0.357 e. The average molecular weight is 194 g/mol. The van der Waals surface area contributed by atoms with Crippen molar-refractivity contribution in [3.63, 3.8) is 0 Å². The van der Waals surface area contributed by atoms with Crippen LogP contribution in [0.3, 0.4) is 0 Å². The molecule has 0 radical (unpaired) electrons. The smallest absolute Gasteiger partial charge is 0.131 e. The lowest BCUT2D eigenvalue weighted by molar-refractivity contribution is 0.436. The fraction of sp³-hybridized carbons (Fsp3) is 0.545. The van der Waals surface area contributed by atoms with E-state index in [0.29, 0.717) is 0 Å². The predicted molar refractivity (Wildman–Crippen MR) is 54.8 cm³/mol. The van der Waals surface area contributed by atoms with E-state index in [0.717, 1.165) is 24.8 Å². The number of aromatic nitrogens is 1. The molecule has 76 valence electrons. The molecule has 0 bridgehead atoms. The highest BCUT2D eigenvalue weighted by Gasteiger charge is 2.16. The Labute approximate surface area is 83.8 Å². The lowest BCUT2D eigenvalue weighted by Gasteiger charge is -2.31. The zero-order valence-corrected chi connectivity index (χ0v) is 8.41. The summed E-state index contributed by atoms with van der Waals surface area (Å²) in [7, 11) is 0. The first kappa shape index (κ1) is 9.44. The fourth-order valence-corrected chi connectivity index (χ4v) is 1.80. The molecule has 1 aliphatic heterocycles. The molecule has 2 heterocycles. The highest BCUT2D eigenvalue weighted by atomic mass is 19.1. The van der Waals surface area contributed by atoms with Gasteiger partial charge in [0.2, 0.25) is 0 Å². The van der Waals surface area contributed by atoms with E-state index in [1.165, 1.54) is 31.2 Å². The van der Waals surface area contributed by atoms with Crippen molar-refractivity contribution in [1.29, 1.82) is 0 Å². The first-order chi connectivity index (χ1) is 6.75. The van der Waals surface area contributed by atoms with Crippen LogP contribution in [-0.2, 0) is 0 Å². The molecule has 3 heteroatoms. The number of rotatable bonds is 1. The summed E-state index contributed by atoms with van der Waals surface area (Å²) >= 11 is 0. The van der Waals surface area contributed by atoms with E-state index in [4.69, 9.17) is 0 Å². The molecule has 14 heavy (non-hydrogen) atoms. The van der Waals surface area contributed by atoms with Gasteiger partial charge < -0.3 is 4.90 Å². The monoisotopic (exact) mass is 194 g/mol. The molecule has 0 aromatic carbocycles. The molecular formula is C11H15FN2. The first-order valence-electron chi connectivity index (χ1n) is 5.12. The van der Waals surface area contributed by atoms with Crippen molar-refractivity contribution in [3.05, 3.63) is 24.1 Å². The van der Waals surface area contributed by atoms with Gasteiger partial charge in [-0.15, -0.1) is 0 Å². The molecular weight excluding hydrogens is 179 g/mol. The fourth-order valence-electron chi connectivity index (χ4n) is 1.80. The van der Waals surface area contributed by atoms with Crippen LogP contribution in [0.1, 0.15) is 19.8 Å². The van der Waals surface area contributed by atoms with E-state index in [1.54, 1.807) is 0 Å². The molecule has 2 rings (SSSR count). The molecule has 0 unspecified atom stereocenters. The summed E-state index contributed by atoms with van der Waals surface area (Å²) in [4.78, 5) is 6.33. The maximum absolute atomic E-state index is 12.9. The van der Waals surface area contributed by atoms with E-state index >= 15 is 0 Å². The average Bonchev–Trinajstić information content (AvgIpc) is 2.19. The number of hydrogen-bond donors (Lipinski definition) is 0. The van der Waals surface area contributed by atoms with Crippen molar-refractivity contribution in [3.8, 4) is 0 Å². The SMILES string of the molecule is CC1CCN(c2cc(F)ccn2)CC1. The maximum Gasteiger partial charge on any atom is 0.131 e. The third-order valence-electron chi connectivity index (χ3n) is 2.82. The Hall–Kier alpha value is -1.12. The van der Waals surface area contributed by atoms with E-state index in [-0.39, 0.29) is 5.82 Å². The van der Waals surface area contributed by atoms with Crippen LogP contribution in [0.15, 0.2) is 18.3 Å². The van der Waals surface area contributed by atoms with Crippen LogP contribution < -0.4 is 4.90 Å². The Kier molecular flexibility index (Phi) is 2.66. The standard InChI is InChI=1S/C11H15FN2/c1-9-3-6-14(7-4-9)11-8-10(12)2-5-13-11/h2,5,8-9H,3-4,6-7H2,1H3. The maximum atomic E-state index is 12.9. The quantitative estimate of drug-likeness (QED) is 0.682. The topological polar surface area (TPSA) is 16.1 Å². The van der Waals surface area contributed by atoms with E-state index in [2.05, 4.69) is 16.8 Å². The highest BCUT2D eigenvalue weighted by Crippen LogP contribution is 2.21. The Bertz CT molecular complexity index is 306. The first-order valence-corrected chi connectivity index (χ1v) is 5.12. The molecule has 1 saturated heterocycles. The second kappa shape index (κ2) is 3.95. The van der Waals surface area contributed by atoms with Crippen LogP contribution in [0.4, 0.5) is 10.2 Å². The van der Waals surface area contributed by atoms with Crippen molar-refractivity contribution in [2.45, 2.75) is 19.8 Å². The Morgan fingerprint density at radius 2 is 2.14 bits per heavy atom. The Balaban J connectivity index is 2.08. The molecule has 0 N–H and O–H groups in total. The second-order valence-corrected chi connectivity index (χ2v) is 4.00. The van der Waals surface area contributed by atoms with Gasteiger partial charge in [0.1, 0.15) is 11.6 Å². The third-order valence-corrected chi connectivity index (χ3v) is 2.82. The van der Waals surface area contributed by atoms with Crippen LogP contribution in [0.5, 0.6) is 0 Å².